The lowest BCUT2D eigenvalue weighted by Gasteiger charge is -2.32. The number of anilines is 5. The highest BCUT2D eigenvalue weighted by Gasteiger charge is 2.43. The molecule has 1 aliphatic heterocycles. The molecule has 16 nitrogen and oxygen atoms in total. The SMILES string of the molecule is C=CC(=O)Nc1cc(OCCN2CCCC2)ccc1N(C(=O)OC(C)(C)C)c1cc(N(C(=O)N(C(=O)OC(C)(C)C)c2c(Cl)c(OC)cc(OC)c2Cl)C2CC2)ncn1. The maximum Gasteiger partial charge on any atom is 0.423 e. The summed E-state index contributed by atoms with van der Waals surface area (Å²) in [6.07, 6.45) is 3.68. The zero-order chi connectivity index (χ0) is 43.2. The van der Waals surface area contributed by atoms with E-state index in [9.17, 15) is 19.2 Å². The number of hydrogen-bond donors (Lipinski definition) is 1. The number of nitrogens with one attached hydrogen (secondary N) is 1. The minimum Gasteiger partial charge on any atom is -0.495 e. The Morgan fingerprint density at radius 1 is 0.881 bits per heavy atom. The lowest BCUT2D eigenvalue weighted by molar-refractivity contribution is -0.111. The number of halogens is 2. The first-order chi connectivity index (χ1) is 27.8. The van der Waals surface area contributed by atoms with Crippen molar-refractivity contribution in [3.8, 4) is 17.2 Å². The number of methoxy groups -OCH3 is 2. The summed E-state index contributed by atoms with van der Waals surface area (Å²) in [5.41, 5.74) is -1.92. The molecule has 2 aliphatic rings. The van der Waals surface area contributed by atoms with Crippen molar-refractivity contribution >= 4 is 76.0 Å². The van der Waals surface area contributed by atoms with Gasteiger partial charge in [0.15, 0.2) is 0 Å². The fourth-order valence-electron chi connectivity index (χ4n) is 6.12. The summed E-state index contributed by atoms with van der Waals surface area (Å²) in [7, 11) is 2.72. The lowest BCUT2D eigenvalue weighted by Crippen LogP contribution is -2.50. The second-order valence-corrected chi connectivity index (χ2v) is 16.5. The van der Waals surface area contributed by atoms with Crippen molar-refractivity contribution in [1.29, 1.82) is 0 Å². The van der Waals surface area contributed by atoms with E-state index in [4.69, 9.17) is 46.9 Å². The van der Waals surface area contributed by atoms with Gasteiger partial charge in [-0.3, -0.25) is 14.6 Å². The zero-order valence-electron chi connectivity index (χ0n) is 34.6. The molecule has 2 heterocycles. The lowest BCUT2D eigenvalue weighted by atomic mass is 10.2. The topological polar surface area (TPSA) is 165 Å². The third kappa shape index (κ3) is 11.2. The quantitative estimate of drug-likeness (QED) is 0.163. The third-order valence-electron chi connectivity index (χ3n) is 8.88. The van der Waals surface area contributed by atoms with Crippen molar-refractivity contribution in [1.82, 2.24) is 14.9 Å². The number of rotatable bonds is 13. The minimum absolute atomic E-state index is 0.00488. The summed E-state index contributed by atoms with van der Waals surface area (Å²) in [5.74, 6) is 0.00263. The Hall–Kier alpha value is -5.32. The largest absolute Gasteiger partial charge is 0.495 e. The zero-order valence-corrected chi connectivity index (χ0v) is 36.1. The van der Waals surface area contributed by atoms with Crippen molar-refractivity contribution in [2.24, 2.45) is 0 Å². The molecule has 318 valence electrons. The molecule has 1 N–H and O–H groups in total. The third-order valence-corrected chi connectivity index (χ3v) is 9.61. The number of imide groups is 1. The van der Waals surface area contributed by atoms with Crippen LogP contribution in [0.2, 0.25) is 10.0 Å². The van der Waals surface area contributed by atoms with E-state index in [1.165, 1.54) is 31.3 Å². The van der Waals surface area contributed by atoms with Crippen LogP contribution in [0.4, 0.5) is 43.1 Å². The van der Waals surface area contributed by atoms with E-state index >= 15 is 0 Å². The molecule has 3 aromatic rings. The van der Waals surface area contributed by atoms with Gasteiger partial charge in [-0.2, -0.15) is 4.90 Å². The van der Waals surface area contributed by atoms with Crippen molar-refractivity contribution < 1.29 is 42.9 Å². The Labute approximate surface area is 354 Å². The maximum atomic E-state index is 15.0. The van der Waals surface area contributed by atoms with Crippen LogP contribution in [0, 0.1) is 0 Å². The van der Waals surface area contributed by atoms with Gasteiger partial charge >= 0.3 is 18.2 Å². The summed E-state index contributed by atoms with van der Waals surface area (Å²) >= 11 is 13.6. The molecule has 1 saturated carbocycles. The first-order valence-corrected chi connectivity index (χ1v) is 19.8. The summed E-state index contributed by atoms with van der Waals surface area (Å²) in [6.45, 7) is 16.8. The van der Waals surface area contributed by atoms with Crippen molar-refractivity contribution in [3.05, 3.63) is 59.4 Å². The van der Waals surface area contributed by atoms with Gasteiger partial charge in [-0.25, -0.2) is 29.3 Å². The highest BCUT2D eigenvalue weighted by atomic mass is 35.5. The van der Waals surface area contributed by atoms with Gasteiger partial charge in [-0.15, -0.1) is 0 Å². The Kier molecular flexibility index (Phi) is 14.2. The van der Waals surface area contributed by atoms with E-state index in [1.807, 2.05) is 0 Å². The molecule has 5 amide bonds. The van der Waals surface area contributed by atoms with Crippen LogP contribution in [-0.4, -0.2) is 96.7 Å². The smallest absolute Gasteiger partial charge is 0.423 e. The van der Waals surface area contributed by atoms with Crippen LogP contribution in [0.3, 0.4) is 0 Å². The van der Waals surface area contributed by atoms with Crippen LogP contribution >= 0.6 is 23.2 Å². The monoisotopic (exact) mass is 855 g/mol. The first-order valence-electron chi connectivity index (χ1n) is 19.1. The number of carbonyl (C=O) groups is 4. The predicted octanol–water partition coefficient (Wildman–Crippen LogP) is 9.00. The molecule has 0 atom stereocenters. The molecule has 59 heavy (non-hydrogen) atoms. The van der Waals surface area contributed by atoms with E-state index in [-0.39, 0.29) is 50.2 Å². The molecule has 0 radical (unpaired) electrons. The van der Waals surface area contributed by atoms with E-state index in [0.29, 0.717) is 30.1 Å². The molecular weight excluding hydrogens is 805 g/mol. The molecule has 0 spiro atoms. The van der Waals surface area contributed by atoms with Gasteiger partial charge in [-0.1, -0.05) is 29.8 Å². The maximum absolute atomic E-state index is 15.0. The highest BCUT2D eigenvalue weighted by molar-refractivity contribution is 6.43. The van der Waals surface area contributed by atoms with Crippen LogP contribution in [0.25, 0.3) is 0 Å². The summed E-state index contributed by atoms with van der Waals surface area (Å²) < 4.78 is 28.5. The molecule has 5 rings (SSSR count). The van der Waals surface area contributed by atoms with Crippen molar-refractivity contribution in [3.63, 3.8) is 0 Å². The average Bonchev–Trinajstić information content (AvgIpc) is 3.85. The van der Waals surface area contributed by atoms with E-state index in [0.717, 1.165) is 49.8 Å². The molecular formula is C41H51Cl2N7O9. The van der Waals surface area contributed by atoms with Crippen LogP contribution in [0.1, 0.15) is 67.2 Å². The Bertz CT molecular complexity index is 2030. The van der Waals surface area contributed by atoms with Gasteiger partial charge in [0, 0.05) is 30.8 Å². The van der Waals surface area contributed by atoms with Gasteiger partial charge in [0.1, 0.15) is 68.8 Å². The van der Waals surface area contributed by atoms with Crippen molar-refractivity contribution in [2.75, 3.05) is 60.5 Å². The normalized spacial score (nSPS) is 14.2. The molecule has 1 aliphatic carbocycles. The summed E-state index contributed by atoms with van der Waals surface area (Å²) in [5, 5.41) is 2.45. The second kappa shape index (κ2) is 18.7. The minimum atomic E-state index is -1.10. The molecule has 18 heteroatoms. The predicted molar refractivity (Wildman–Crippen MR) is 226 cm³/mol. The van der Waals surface area contributed by atoms with E-state index in [1.54, 1.807) is 59.7 Å². The molecule has 1 saturated heterocycles. The number of amides is 5. The molecule has 0 bridgehead atoms. The summed E-state index contributed by atoms with van der Waals surface area (Å²) in [4.78, 5) is 70.3. The van der Waals surface area contributed by atoms with Crippen LogP contribution in [0.15, 0.2) is 49.3 Å². The van der Waals surface area contributed by atoms with Gasteiger partial charge in [0.25, 0.3) is 0 Å². The molecule has 2 fully saturated rings. The van der Waals surface area contributed by atoms with Gasteiger partial charge < -0.3 is 29.0 Å². The standard InChI is InChI=1S/C41H51Cl2N7O9/c1-10-33(51)46-27-21-26(57-20-19-47-17-11-12-18-47)15-16-28(27)49(38(53)58-40(2,3)4)32-23-31(44-24-45-32)48(25-13-14-25)37(52)50(39(54)59-41(5,6)7)36-34(42)29(55-8)22-30(56-9)35(36)43/h10,15-16,21-25H,1,11-14,17-20H2,2-9H3,(H,46,51). The van der Waals surface area contributed by atoms with Crippen LogP contribution in [-0.2, 0) is 14.3 Å². The average molecular weight is 857 g/mol. The number of likely N-dealkylation sites (tertiary alicyclic amines) is 1. The van der Waals surface area contributed by atoms with Gasteiger partial charge in [-0.05, 0) is 98.5 Å². The van der Waals surface area contributed by atoms with Crippen molar-refractivity contribution in [2.45, 2.75) is 84.5 Å². The second-order valence-electron chi connectivity index (χ2n) is 15.8. The van der Waals surface area contributed by atoms with Gasteiger partial charge in [0.2, 0.25) is 5.91 Å². The Morgan fingerprint density at radius 2 is 1.47 bits per heavy atom. The molecule has 1 aromatic heterocycles. The van der Waals surface area contributed by atoms with Crippen LogP contribution in [0.5, 0.6) is 17.2 Å². The number of ether oxygens (including phenoxy) is 5. The van der Waals surface area contributed by atoms with Gasteiger partial charge in [0.05, 0.1) is 25.6 Å². The highest BCUT2D eigenvalue weighted by Crippen LogP contribution is 2.48. The van der Waals surface area contributed by atoms with E-state index < -0.39 is 41.4 Å². The number of aromatic nitrogens is 2. The Balaban J connectivity index is 1.62. The number of benzene rings is 2. The number of carbonyl (C=O) groups excluding carboxylic acids is 4. The fourth-order valence-corrected chi connectivity index (χ4v) is 6.79. The number of nitrogens with zero attached hydrogens (tertiary/aromatic N) is 6. The summed E-state index contributed by atoms with van der Waals surface area (Å²) in [6, 6.07) is 6.28. The number of hydrogen-bond acceptors (Lipinski definition) is 12. The molecule has 2 aromatic carbocycles. The first kappa shape index (κ1) is 44.8. The Morgan fingerprint density at radius 3 is 2.03 bits per heavy atom. The fraction of sp³-hybridized carbons (Fsp3) is 0.463. The van der Waals surface area contributed by atoms with E-state index in [2.05, 4.69) is 26.8 Å². The van der Waals surface area contributed by atoms with Crippen LogP contribution < -0.4 is 34.2 Å². The molecule has 0 unspecified atom stereocenters. The number of urea groups is 1.